The fraction of sp³-hybridized carbons (Fsp3) is 0.429. The molecule has 0 bridgehead atoms. The summed E-state index contributed by atoms with van der Waals surface area (Å²) >= 11 is 1.46. The van der Waals surface area contributed by atoms with Crippen molar-refractivity contribution in [2.45, 2.75) is 112 Å². The van der Waals surface area contributed by atoms with Crippen molar-refractivity contribution in [2.75, 3.05) is 0 Å². The summed E-state index contributed by atoms with van der Waals surface area (Å²) in [7, 11) is -1.07. The normalized spacial score (nSPS) is 15.0. The second-order valence-corrected chi connectivity index (χ2v) is 22.4. The molecule has 0 radical (unpaired) electrons. The van der Waals surface area contributed by atoms with E-state index in [1.165, 1.54) is 73.6 Å². The molecule has 0 aliphatic heterocycles. The molecule has 0 heterocycles. The van der Waals surface area contributed by atoms with Crippen LogP contribution in [0.3, 0.4) is 0 Å². The predicted molar refractivity (Wildman–Crippen MR) is 198 cm³/mol. The Labute approximate surface area is 310 Å². The van der Waals surface area contributed by atoms with Gasteiger partial charge < -0.3 is 24.8 Å². The van der Waals surface area contributed by atoms with Crippen molar-refractivity contribution in [1.82, 2.24) is 0 Å². The minimum absolute atomic E-state index is 0. The fourth-order valence-corrected chi connectivity index (χ4v) is 8.08. The van der Waals surface area contributed by atoms with Crippen LogP contribution in [0, 0.1) is 12.0 Å². The summed E-state index contributed by atoms with van der Waals surface area (Å²) in [4.78, 5) is 0. The van der Waals surface area contributed by atoms with E-state index in [4.69, 9.17) is 0 Å². The first-order valence-electron chi connectivity index (χ1n) is 16.2. The molecular formula is C42H56Cl2SiZr-2. The van der Waals surface area contributed by atoms with E-state index < -0.39 is 8.07 Å². The molecule has 0 fully saturated rings. The van der Waals surface area contributed by atoms with Crippen LogP contribution in [0.5, 0.6) is 0 Å². The first kappa shape index (κ1) is 42.6. The van der Waals surface area contributed by atoms with Crippen molar-refractivity contribution >= 4 is 33.3 Å². The fourth-order valence-electron chi connectivity index (χ4n) is 5.66. The number of halogens is 2. The quantitative estimate of drug-likeness (QED) is 0.170. The molecule has 0 nitrogen and oxygen atoms in total. The van der Waals surface area contributed by atoms with Crippen molar-refractivity contribution in [3.63, 3.8) is 0 Å². The number of hydrogen-bond donors (Lipinski definition) is 0. The van der Waals surface area contributed by atoms with Gasteiger partial charge in [-0.1, -0.05) is 116 Å². The molecule has 0 saturated heterocycles. The molecule has 1 unspecified atom stereocenters. The molecule has 46 heavy (non-hydrogen) atoms. The SMILES string of the molecule is CC(C)(C)c1ccc([CH]=[Zr+2])cc1.CC(C)(C)c1ccc2[cH-]c3ccc(C(C)(C)C)cc3c2c1.CC1=[C-]C(C)C=C1[Si](C)(C)C.[Cl-].[Cl-]. The standard InChI is InChI=1S/C21H25.C11H14.C10H17Si.2ClH.Zr/c1-20(2,3)16-9-7-14-11-15-8-10-17(21(4,5)6)13-19(15)18(14)12-16;1-9-5-7-10(8-6-9)11(2,3)4;1-8-6-9(2)10(7-8)11(3,4)5;;;/h7-13H,1-6H3;1,5-8H,2-4H3;7-8H,1-5H3;2*1H;/q-1;;-1;;;+2/p-2. The van der Waals surface area contributed by atoms with E-state index in [-0.39, 0.29) is 41.1 Å². The molecule has 0 saturated carbocycles. The molecular weight excluding hydrogens is 695 g/mol. The van der Waals surface area contributed by atoms with Gasteiger partial charge in [0, 0.05) is 0 Å². The molecule has 0 amide bonds. The molecule has 4 heteroatoms. The molecule has 0 aromatic heterocycles. The largest absolute Gasteiger partial charge is 1.00 e. The van der Waals surface area contributed by atoms with E-state index in [1.807, 2.05) is 0 Å². The molecule has 1 aliphatic rings. The van der Waals surface area contributed by atoms with Crippen LogP contribution in [-0.4, -0.2) is 11.8 Å². The summed E-state index contributed by atoms with van der Waals surface area (Å²) in [6.45, 7) is 32.0. The smallest absolute Gasteiger partial charge is 0.0112 e. The van der Waals surface area contributed by atoms with Crippen LogP contribution in [0.1, 0.15) is 98.4 Å². The molecule has 4 aromatic rings. The maximum atomic E-state index is 3.43. The Kier molecular flexibility index (Phi) is 15.1. The Hall–Kier alpha value is -1.44. The van der Waals surface area contributed by atoms with E-state index in [0.29, 0.717) is 5.92 Å². The predicted octanol–water partition coefficient (Wildman–Crippen LogP) is 6.19. The Balaban J connectivity index is 0.000000365. The van der Waals surface area contributed by atoms with Gasteiger partial charge in [0.25, 0.3) is 0 Å². The van der Waals surface area contributed by atoms with Crippen LogP contribution in [0.2, 0.25) is 19.6 Å². The van der Waals surface area contributed by atoms with Gasteiger partial charge in [0.15, 0.2) is 0 Å². The summed E-state index contributed by atoms with van der Waals surface area (Å²) in [6, 6.07) is 25.0. The van der Waals surface area contributed by atoms with Crippen LogP contribution in [0.4, 0.5) is 0 Å². The maximum Gasteiger partial charge on any atom is -0.0112 e. The summed E-state index contributed by atoms with van der Waals surface area (Å²) in [5, 5.41) is 7.09. The van der Waals surface area contributed by atoms with Crippen LogP contribution >= 0.6 is 0 Å². The molecule has 1 atom stereocenters. The second-order valence-electron chi connectivity index (χ2n) is 16.7. The van der Waals surface area contributed by atoms with Gasteiger partial charge >= 0.3 is 89.5 Å². The van der Waals surface area contributed by atoms with Gasteiger partial charge in [-0.25, -0.2) is 10.8 Å². The molecule has 0 spiro atoms. The number of hydrogen-bond acceptors (Lipinski definition) is 0. The summed E-state index contributed by atoms with van der Waals surface area (Å²) in [5.41, 5.74) is 7.62. The van der Waals surface area contributed by atoms with Crippen LogP contribution < -0.4 is 24.8 Å². The average Bonchev–Trinajstić information content (AvgIpc) is 3.45. The van der Waals surface area contributed by atoms with Gasteiger partial charge in [0.2, 0.25) is 0 Å². The Bertz CT molecular complexity index is 1590. The summed E-state index contributed by atoms with van der Waals surface area (Å²) < 4.78 is 2.21. The van der Waals surface area contributed by atoms with E-state index in [9.17, 15) is 0 Å². The topological polar surface area (TPSA) is 0 Å². The average molecular weight is 751 g/mol. The third-order valence-electron chi connectivity index (χ3n) is 8.46. The van der Waals surface area contributed by atoms with Crippen molar-refractivity contribution in [1.29, 1.82) is 0 Å². The molecule has 5 rings (SSSR count). The van der Waals surface area contributed by atoms with Gasteiger partial charge in [0.05, 0.1) is 0 Å². The molecule has 1 aliphatic carbocycles. The van der Waals surface area contributed by atoms with Gasteiger partial charge in [0.1, 0.15) is 0 Å². The summed E-state index contributed by atoms with van der Waals surface area (Å²) in [6.07, 6.45) is 5.81. The van der Waals surface area contributed by atoms with Gasteiger partial charge in [-0.3, -0.25) is 6.08 Å². The first-order chi connectivity index (χ1) is 20.1. The van der Waals surface area contributed by atoms with Crippen LogP contribution in [0.25, 0.3) is 21.5 Å². The molecule has 0 N–H and O–H groups in total. The zero-order valence-corrected chi connectivity index (χ0v) is 35.8. The minimum atomic E-state index is -1.07. The Morgan fingerprint density at radius 1 is 0.674 bits per heavy atom. The van der Waals surface area contributed by atoms with Crippen LogP contribution in [0.15, 0.2) is 83.6 Å². The molecule has 248 valence electrons. The van der Waals surface area contributed by atoms with Crippen molar-refractivity contribution in [3.05, 3.63) is 112 Å². The van der Waals surface area contributed by atoms with Crippen molar-refractivity contribution in [2.24, 2.45) is 5.92 Å². The van der Waals surface area contributed by atoms with E-state index in [1.54, 1.807) is 5.20 Å². The van der Waals surface area contributed by atoms with Gasteiger partial charge in [-0.15, -0.1) is 39.7 Å². The minimum Gasteiger partial charge on any atom is -1.00 e. The van der Waals surface area contributed by atoms with Gasteiger partial charge in [-0.2, -0.15) is 6.08 Å². The van der Waals surface area contributed by atoms with E-state index in [2.05, 4.69) is 178 Å². The number of fused-ring (bicyclic) bond motifs is 3. The zero-order chi connectivity index (χ0) is 33.3. The summed E-state index contributed by atoms with van der Waals surface area (Å²) in [5.74, 6) is 0.553. The van der Waals surface area contributed by atoms with Crippen molar-refractivity contribution < 1.29 is 49.0 Å². The third-order valence-corrected chi connectivity index (χ3v) is 11.4. The zero-order valence-electron chi connectivity index (χ0n) is 30.8. The molecule has 4 aromatic carbocycles. The Morgan fingerprint density at radius 2 is 1.07 bits per heavy atom. The Morgan fingerprint density at radius 3 is 1.35 bits per heavy atom. The van der Waals surface area contributed by atoms with Gasteiger partial charge in [-0.05, 0) is 18.9 Å². The number of rotatable bonds is 2. The monoisotopic (exact) mass is 748 g/mol. The second kappa shape index (κ2) is 16.3. The van der Waals surface area contributed by atoms with Crippen molar-refractivity contribution in [3.8, 4) is 0 Å². The number of benzene rings is 3. The van der Waals surface area contributed by atoms with E-state index in [0.717, 1.165) is 0 Å². The van der Waals surface area contributed by atoms with E-state index >= 15 is 0 Å². The number of allylic oxidation sites excluding steroid dienone is 4. The third kappa shape index (κ3) is 11.3. The first-order valence-corrected chi connectivity index (χ1v) is 21.1. The van der Waals surface area contributed by atoms with Crippen LogP contribution in [-0.2, 0) is 40.5 Å². The maximum absolute atomic E-state index is 3.43.